The lowest BCUT2D eigenvalue weighted by Gasteiger charge is -2.23. The van der Waals surface area contributed by atoms with E-state index < -0.39 is 5.60 Å². The van der Waals surface area contributed by atoms with Gasteiger partial charge in [0.25, 0.3) is 0 Å². The molecule has 4 heteroatoms. The van der Waals surface area contributed by atoms with Crippen molar-refractivity contribution in [3.05, 3.63) is 29.8 Å². The molecule has 0 fully saturated rings. The van der Waals surface area contributed by atoms with Gasteiger partial charge >= 0.3 is 0 Å². The molecule has 3 N–H and O–H groups in total. The Morgan fingerprint density at radius 2 is 2.17 bits per heavy atom. The van der Waals surface area contributed by atoms with Crippen LogP contribution in [-0.2, 0) is 9.53 Å². The van der Waals surface area contributed by atoms with Crippen LogP contribution in [0.2, 0.25) is 0 Å². The number of anilines is 1. The molecule has 1 amide bonds. The minimum Gasteiger partial charge on any atom is -0.399 e. The number of benzene rings is 1. The molecule has 0 radical (unpaired) electrons. The predicted molar refractivity (Wildman–Crippen MR) is 73.1 cm³/mol. The third kappa shape index (κ3) is 4.37. The summed E-state index contributed by atoms with van der Waals surface area (Å²) in [5.74, 6) is -0.0308. The summed E-state index contributed by atoms with van der Waals surface area (Å²) in [6.07, 6.45) is 0.330. The highest BCUT2D eigenvalue weighted by atomic mass is 16.5. The number of methoxy groups -OCH3 is 1. The van der Waals surface area contributed by atoms with Gasteiger partial charge in [0.2, 0.25) is 5.91 Å². The summed E-state index contributed by atoms with van der Waals surface area (Å²) in [4.78, 5) is 11.9. The fourth-order valence-corrected chi connectivity index (χ4v) is 1.66. The molecule has 18 heavy (non-hydrogen) atoms. The van der Waals surface area contributed by atoms with Gasteiger partial charge in [-0.2, -0.15) is 0 Å². The van der Waals surface area contributed by atoms with E-state index in [2.05, 4.69) is 5.32 Å². The molecule has 100 valence electrons. The average molecular weight is 250 g/mol. The molecule has 1 aromatic rings. The molecule has 0 aromatic heterocycles. The first-order chi connectivity index (χ1) is 8.34. The van der Waals surface area contributed by atoms with Crippen LogP contribution in [-0.4, -0.2) is 18.6 Å². The Labute approximate surface area is 109 Å². The lowest BCUT2D eigenvalue weighted by atomic mass is 10.0. The van der Waals surface area contributed by atoms with Gasteiger partial charge in [-0.3, -0.25) is 4.79 Å². The summed E-state index contributed by atoms with van der Waals surface area (Å²) >= 11 is 0. The van der Waals surface area contributed by atoms with Crippen LogP contribution in [0.3, 0.4) is 0 Å². The van der Waals surface area contributed by atoms with Gasteiger partial charge in [0.1, 0.15) is 0 Å². The number of nitrogen functional groups attached to an aromatic ring is 1. The summed E-state index contributed by atoms with van der Waals surface area (Å²) in [5, 5.41) is 2.94. The van der Waals surface area contributed by atoms with Crippen molar-refractivity contribution in [2.75, 3.05) is 12.8 Å². The van der Waals surface area contributed by atoms with E-state index in [1.54, 1.807) is 7.11 Å². The van der Waals surface area contributed by atoms with E-state index in [4.69, 9.17) is 10.5 Å². The Kier molecular flexibility index (Phi) is 4.73. The van der Waals surface area contributed by atoms with E-state index in [9.17, 15) is 4.79 Å². The first-order valence-electron chi connectivity index (χ1n) is 6.04. The number of nitrogens with one attached hydrogen (secondary N) is 1. The Hall–Kier alpha value is -1.55. The van der Waals surface area contributed by atoms with Crippen LogP contribution in [0.15, 0.2) is 24.3 Å². The fraction of sp³-hybridized carbons (Fsp3) is 0.500. The van der Waals surface area contributed by atoms with E-state index in [0.29, 0.717) is 12.1 Å². The van der Waals surface area contributed by atoms with Crippen molar-refractivity contribution in [3.63, 3.8) is 0 Å². The van der Waals surface area contributed by atoms with Gasteiger partial charge in [0.05, 0.1) is 18.1 Å². The molecule has 0 aliphatic rings. The number of hydrogen-bond donors (Lipinski definition) is 2. The topological polar surface area (TPSA) is 64.3 Å². The van der Waals surface area contributed by atoms with Gasteiger partial charge in [-0.15, -0.1) is 0 Å². The molecule has 1 aromatic carbocycles. The molecule has 1 atom stereocenters. The molecular formula is C14H22N2O2. The van der Waals surface area contributed by atoms with Crippen LogP contribution in [0.25, 0.3) is 0 Å². The maximum atomic E-state index is 11.9. The summed E-state index contributed by atoms with van der Waals surface area (Å²) in [6, 6.07) is 7.46. The van der Waals surface area contributed by atoms with Gasteiger partial charge < -0.3 is 15.8 Å². The third-order valence-electron chi connectivity index (χ3n) is 2.93. The molecular weight excluding hydrogens is 228 g/mol. The summed E-state index contributed by atoms with van der Waals surface area (Å²) in [5.41, 5.74) is 6.97. The molecule has 1 unspecified atom stereocenters. The van der Waals surface area contributed by atoms with E-state index >= 15 is 0 Å². The van der Waals surface area contributed by atoms with Gasteiger partial charge in [-0.25, -0.2) is 0 Å². The second-order valence-electron chi connectivity index (χ2n) is 5.10. The van der Waals surface area contributed by atoms with E-state index in [1.807, 2.05) is 45.0 Å². The number of nitrogens with two attached hydrogens (primary N) is 1. The molecule has 0 bridgehead atoms. The Balaban J connectivity index is 2.60. The number of carbonyl (C=O) groups is 1. The van der Waals surface area contributed by atoms with Crippen LogP contribution in [0.1, 0.15) is 38.8 Å². The van der Waals surface area contributed by atoms with Gasteiger partial charge in [-0.1, -0.05) is 12.1 Å². The largest absolute Gasteiger partial charge is 0.399 e. The summed E-state index contributed by atoms with van der Waals surface area (Å²) < 4.78 is 5.23. The highest BCUT2D eigenvalue weighted by Gasteiger charge is 2.22. The zero-order chi connectivity index (χ0) is 13.8. The molecule has 0 aliphatic heterocycles. The van der Waals surface area contributed by atoms with E-state index in [-0.39, 0.29) is 11.9 Å². The maximum absolute atomic E-state index is 11.9. The minimum atomic E-state index is -0.445. The fourth-order valence-electron chi connectivity index (χ4n) is 1.66. The normalized spacial score (nSPS) is 13.1. The average Bonchev–Trinajstić information content (AvgIpc) is 2.28. The maximum Gasteiger partial charge on any atom is 0.223 e. The lowest BCUT2D eigenvalue weighted by Crippen LogP contribution is -2.35. The number of amides is 1. The molecule has 4 nitrogen and oxygen atoms in total. The SMILES string of the molecule is COC(C)(C)CC(=O)NC(C)c1cccc(N)c1. The van der Waals surface area contributed by atoms with Crippen LogP contribution in [0.4, 0.5) is 5.69 Å². The predicted octanol–water partition coefficient (Wildman–Crippen LogP) is 2.26. The highest BCUT2D eigenvalue weighted by molar-refractivity contribution is 5.77. The smallest absolute Gasteiger partial charge is 0.223 e. The number of ether oxygens (including phenoxy) is 1. The molecule has 0 heterocycles. The number of hydrogen-bond acceptors (Lipinski definition) is 3. The zero-order valence-corrected chi connectivity index (χ0v) is 11.5. The Morgan fingerprint density at radius 3 is 2.72 bits per heavy atom. The van der Waals surface area contributed by atoms with Crippen molar-refractivity contribution in [3.8, 4) is 0 Å². The summed E-state index contributed by atoms with van der Waals surface area (Å²) in [6.45, 7) is 5.71. The quantitative estimate of drug-likeness (QED) is 0.788. The van der Waals surface area contributed by atoms with Crippen molar-refractivity contribution in [1.29, 1.82) is 0 Å². The monoisotopic (exact) mass is 250 g/mol. The minimum absolute atomic E-state index is 0.0308. The highest BCUT2D eigenvalue weighted by Crippen LogP contribution is 2.17. The van der Waals surface area contributed by atoms with Crippen LogP contribution < -0.4 is 11.1 Å². The van der Waals surface area contributed by atoms with Crippen molar-refractivity contribution >= 4 is 11.6 Å². The number of rotatable bonds is 5. The molecule has 1 rings (SSSR count). The van der Waals surface area contributed by atoms with Gasteiger partial charge in [-0.05, 0) is 38.5 Å². The van der Waals surface area contributed by atoms with E-state index in [0.717, 1.165) is 5.56 Å². The molecule has 0 spiro atoms. The van der Waals surface area contributed by atoms with Crippen LogP contribution >= 0.6 is 0 Å². The third-order valence-corrected chi connectivity index (χ3v) is 2.93. The van der Waals surface area contributed by atoms with Gasteiger partial charge in [0, 0.05) is 12.8 Å². The van der Waals surface area contributed by atoms with Gasteiger partial charge in [0.15, 0.2) is 0 Å². The summed E-state index contributed by atoms with van der Waals surface area (Å²) in [7, 11) is 1.61. The second kappa shape index (κ2) is 5.87. The first kappa shape index (κ1) is 14.5. The zero-order valence-electron chi connectivity index (χ0n) is 11.5. The lowest BCUT2D eigenvalue weighted by molar-refractivity contribution is -0.126. The molecule has 0 saturated carbocycles. The number of carbonyl (C=O) groups excluding carboxylic acids is 1. The first-order valence-corrected chi connectivity index (χ1v) is 6.04. The molecule has 0 aliphatic carbocycles. The van der Waals surface area contributed by atoms with Crippen molar-refractivity contribution in [2.24, 2.45) is 0 Å². The van der Waals surface area contributed by atoms with Crippen LogP contribution in [0.5, 0.6) is 0 Å². The standard InChI is InChI=1S/C14H22N2O2/c1-10(11-6-5-7-12(15)8-11)16-13(17)9-14(2,3)18-4/h5-8,10H,9,15H2,1-4H3,(H,16,17). The Morgan fingerprint density at radius 1 is 1.50 bits per heavy atom. The van der Waals surface area contributed by atoms with Crippen LogP contribution in [0, 0.1) is 0 Å². The Bertz CT molecular complexity index is 416. The van der Waals surface area contributed by atoms with Crippen molar-refractivity contribution in [1.82, 2.24) is 5.32 Å². The second-order valence-corrected chi connectivity index (χ2v) is 5.10. The van der Waals surface area contributed by atoms with Crippen molar-refractivity contribution < 1.29 is 9.53 Å². The van der Waals surface area contributed by atoms with Crippen molar-refractivity contribution in [2.45, 2.75) is 38.8 Å². The van der Waals surface area contributed by atoms with E-state index in [1.165, 1.54) is 0 Å². The molecule has 0 saturated heterocycles.